The van der Waals surface area contributed by atoms with Crippen LogP contribution in [0.2, 0.25) is 0 Å². The van der Waals surface area contributed by atoms with E-state index in [9.17, 15) is 4.79 Å². The molecule has 6 rings (SSSR count). The van der Waals surface area contributed by atoms with Crippen molar-refractivity contribution in [3.63, 3.8) is 0 Å². The molecule has 0 radical (unpaired) electrons. The van der Waals surface area contributed by atoms with Crippen molar-refractivity contribution in [2.75, 3.05) is 19.6 Å². The van der Waals surface area contributed by atoms with Gasteiger partial charge in [-0.05, 0) is 48.9 Å². The van der Waals surface area contributed by atoms with Crippen LogP contribution in [0.3, 0.4) is 0 Å². The number of nitrogens with zero attached hydrogens (tertiary/aromatic N) is 2. The number of carbonyl (C=O) groups is 1. The van der Waals surface area contributed by atoms with Gasteiger partial charge in [0.15, 0.2) is 5.69 Å². The van der Waals surface area contributed by atoms with Gasteiger partial charge in [-0.3, -0.25) is 9.69 Å². The van der Waals surface area contributed by atoms with Crippen molar-refractivity contribution < 1.29 is 14.1 Å². The van der Waals surface area contributed by atoms with E-state index in [4.69, 9.17) is 9.26 Å². The van der Waals surface area contributed by atoms with Gasteiger partial charge in [-0.2, -0.15) is 0 Å². The molecule has 0 unspecified atom stereocenters. The van der Waals surface area contributed by atoms with Crippen molar-refractivity contribution in [3.8, 4) is 0 Å². The van der Waals surface area contributed by atoms with Crippen LogP contribution in [0.25, 0.3) is 10.9 Å². The number of hydrogen-bond donors (Lipinski definition) is 2. The smallest absolute Gasteiger partial charge is 0.273 e. The highest BCUT2D eigenvalue weighted by Gasteiger charge is 2.62. The third-order valence-electron chi connectivity index (χ3n) is 7.24. The molecule has 1 spiro atoms. The van der Waals surface area contributed by atoms with Gasteiger partial charge in [0.25, 0.3) is 5.91 Å². The molecule has 3 aliphatic rings. The lowest BCUT2D eigenvalue weighted by Crippen LogP contribution is -2.42. The second kappa shape index (κ2) is 6.68. The standard InChI is InChI=1S/C23H26N4O3/c1-14-8-20(26-30-14)22(28)25-10-17-18-12-27(13-23(18)6-4-21(17)29-23)11-15-2-3-19-16(9-15)5-7-24-19/h2-3,5,7-9,17-18,21,24H,4,6,10-13H2,1H3,(H,25,28)/t17-,18+,21+,23+/m0/s1. The molecule has 0 aliphatic carbocycles. The number of amides is 1. The Morgan fingerprint density at radius 2 is 2.30 bits per heavy atom. The number of likely N-dealkylation sites (tertiary alicyclic amines) is 1. The van der Waals surface area contributed by atoms with Crippen LogP contribution < -0.4 is 5.32 Å². The normalized spacial score (nSPS) is 30.2. The molecule has 156 valence electrons. The molecule has 2 bridgehead atoms. The Labute approximate surface area is 174 Å². The van der Waals surface area contributed by atoms with Crippen LogP contribution >= 0.6 is 0 Å². The predicted molar refractivity (Wildman–Crippen MR) is 111 cm³/mol. The van der Waals surface area contributed by atoms with E-state index in [1.165, 1.54) is 16.5 Å². The van der Waals surface area contributed by atoms with Gasteiger partial charge < -0.3 is 19.6 Å². The molecule has 3 saturated heterocycles. The zero-order chi connectivity index (χ0) is 20.3. The molecule has 1 amide bonds. The number of aromatic amines is 1. The Balaban J connectivity index is 1.14. The minimum Gasteiger partial charge on any atom is -0.370 e. The van der Waals surface area contributed by atoms with E-state index in [0.717, 1.165) is 32.5 Å². The summed E-state index contributed by atoms with van der Waals surface area (Å²) >= 11 is 0. The molecule has 1 aromatic carbocycles. The first-order valence-corrected chi connectivity index (χ1v) is 10.8. The van der Waals surface area contributed by atoms with Crippen molar-refractivity contribution >= 4 is 16.8 Å². The third-order valence-corrected chi connectivity index (χ3v) is 7.24. The van der Waals surface area contributed by atoms with Crippen molar-refractivity contribution in [3.05, 3.63) is 53.5 Å². The first kappa shape index (κ1) is 18.2. The SMILES string of the molecule is Cc1cc(C(=O)NC[C@H]2[C@H]3CN(Cc4ccc5[nH]ccc5c4)C[C@]34CC[C@H]2O4)no1. The highest BCUT2D eigenvalue weighted by molar-refractivity contribution is 5.92. The van der Waals surface area contributed by atoms with Gasteiger partial charge in [-0.15, -0.1) is 0 Å². The summed E-state index contributed by atoms with van der Waals surface area (Å²) in [4.78, 5) is 18.2. The van der Waals surface area contributed by atoms with Gasteiger partial charge in [0.1, 0.15) is 5.76 Å². The third kappa shape index (κ3) is 2.87. The Bertz CT molecular complexity index is 1100. The van der Waals surface area contributed by atoms with Crippen LogP contribution in [0.5, 0.6) is 0 Å². The predicted octanol–water partition coefficient (Wildman–Crippen LogP) is 2.87. The Hall–Kier alpha value is -2.64. The average Bonchev–Trinajstić information content (AvgIpc) is 3.52. The number of aromatic nitrogens is 2. The van der Waals surface area contributed by atoms with Crippen LogP contribution in [0.1, 0.15) is 34.7 Å². The lowest BCUT2D eigenvalue weighted by atomic mass is 9.73. The maximum atomic E-state index is 12.4. The van der Waals surface area contributed by atoms with Gasteiger partial charge in [-0.25, -0.2) is 0 Å². The fraction of sp³-hybridized carbons (Fsp3) is 0.478. The van der Waals surface area contributed by atoms with Crippen LogP contribution in [-0.2, 0) is 11.3 Å². The number of ether oxygens (including phenoxy) is 1. The number of hydrogen-bond acceptors (Lipinski definition) is 5. The van der Waals surface area contributed by atoms with Gasteiger partial charge in [0, 0.05) is 55.8 Å². The fourth-order valence-corrected chi connectivity index (χ4v) is 5.91. The Morgan fingerprint density at radius 1 is 1.37 bits per heavy atom. The summed E-state index contributed by atoms with van der Waals surface area (Å²) < 4.78 is 11.6. The summed E-state index contributed by atoms with van der Waals surface area (Å²) in [6, 6.07) is 10.4. The lowest BCUT2D eigenvalue weighted by molar-refractivity contribution is 0.00212. The van der Waals surface area contributed by atoms with E-state index in [0.29, 0.717) is 29.8 Å². The van der Waals surface area contributed by atoms with E-state index >= 15 is 0 Å². The van der Waals surface area contributed by atoms with Crippen molar-refractivity contribution in [2.24, 2.45) is 11.8 Å². The number of rotatable bonds is 5. The summed E-state index contributed by atoms with van der Waals surface area (Å²) in [5.41, 5.74) is 2.82. The Kier molecular flexibility index (Phi) is 4.05. The summed E-state index contributed by atoms with van der Waals surface area (Å²) in [5, 5.41) is 8.14. The minimum absolute atomic E-state index is 0.0390. The highest BCUT2D eigenvalue weighted by Crippen LogP contribution is 2.54. The minimum atomic E-state index is -0.168. The fourth-order valence-electron chi connectivity index (χ4n) is 5.91. The van der Waals surface area contributed by atoms with Gasteiger partial charge in [-0.1, -0.05) is 11.2 Å². The van der Waals surface area contributed by atoms with E-state index < -0.39 is 0 Å². The molecule has 7 heteroatoms. The second-order valence-corrected chi connectivity index (χ2v) is 9.13. The molecule has 4 atom stereocenters. The molecule has 0 saturated carbocycles. The molecule has 7 nitrogen and oxygen atoms in total. The molecule has 30 heavy (non-hydrogen) atoms. The first-order chi connectivity index (χ1) is 14.6. The second-order valence-electron chi connectivity index (χ2n) is 9.13. The van der Waals surface area contributed by atoms with Gasteiger partial charge in [0.05, 0.1) is 11.7 Å². The molecule has 5 heterocycles. The van der Waals surface area contributed by atoms with Crippen LogP contribution in [-0.4, -0.2) is 52.3 Å². The number of fused-ring (bicyclic) bond motifs is 2. The van der Waals surface area contributed by atoms with E-state index in [1.54, 1.807) is 13.0 Å². The monoisotopic (exact) mass is 406 g/mol. The van der Waals surface area contributed by atoms with Crippen LogP contribution in [0.15, 0.2) is 41.1 Å². The van der Waals surface area contributed by atoms with E-state index in [1.807, 2.05) is 6.20 Å². The molecule has 3 aliphatic heterocycles. The van der Waals surface area contributed by atoms with E-state index in [-0.39, 0.29) is 17.6 Å². The number of H-pyrrole nitrogens is 1. The summed E-state index contributed by atoms with van der Waals surface area (Å²) in [6.07, 6.45) is 4.46. The van der Waals surface area contributed by atoms with Crippen LogP contribution in [0.4, 0.5) is 0 Å². The zero-order valence-corrected chi connectivity index (χ0v) is 17.1. The number of aryl methyl sites for hydroxylation is 1. The molecule has 3 fully saturated rings. The topological polar surface area (TPSA) is 83.4 Å². The quantitative estimate of drug-likeness (QED) is 0.681. The summed E-state index contributed by atoms with van der Waals surface area (Å²) in [6.45, 7) is 5.35. The lowest BCUT2D eigenvalue weighted by Gasteiger charge is -2.29. The maximum Gasteiger partial charge on any atom is 0.273 e. The van der Waals surface area contributed by atoms with Crippen molar-refractivity contribution in [1.29, 1.82) is 0 Å². The Morgan fingerprint density at radius 3 is 3.17 bits per heavy atom. The molecule has 3 aromatic rings. The highest BCUT2D eigenvalue weighted by atomic mass is 16.5. The summed E-state index contributed by atoms with van der Waals surface area (Å²) in [7, 11) is 0. The summed E-state index contributed by atoms with van der Waals surface area (Å²) in [5.74, 6) is 1.30. The van der Waals surface area contributed by atoms with Gasteiger partial charge >= 0.3 is 0 Å². The largest absolute Gasteiger partial charge is 0.370 e. The number of carbonyl (C=O) groups excluding carboxylic acids is 1. The number of nitrogens with one attached hydrogen (secondary N) is 2. The first-order valence-electron chi connectivity index (χ1n) is 10.8. The van der Waals surface area contributed by atoms with Crippen LogP contribution in [0, 0.1) is 18.8 Å². The zero-order valence-electron chi connectivity index (χ0n) is 17.1. The molecular weight excluding hydrogens is 380 g/mol. The maximum absolute atomic E-state index is 12.4. The van der Waals surface area contributed by atoms with Crippen molar-refractivity contribution in [1.82, 2.24) is 20.4 Å². The molecule has 2 N–H and O–H groups in total. The number of benzene rings is 1. The van der Waals surface area contributed by atoms with E-state index in [2.05, 4.69) is 44.6 Å². The average molecular weight is 406 g/mol. The molecular formula is C23H26N4O3. The van der Waals surface area contributed by atoms with Gasteiger partial charge in [0.2, 0.25) is 0 Å². The van der Waals surface area contributed by atoms with Crippen molar-refractivity contribution in [2.45, 2.75) is 38.0 Å². The molecule has 2 aromatic heterocycles.